The third-order valence-electron chi connectivity index (χ3n) is 3.87. The minimum absolute atomic E-state index is 0.194. The van der Waals surface area contributed by atoms with E-state index in [0.29, 0.717) is 24.0 Å². The van der Waals surface area contributed by atoms with Gasteiger partial charge in [-0.3, -0.25) is 0 Å². The summed E-state index contributed by atoms with van der Waals surface area (Å²) in [5.41, 5.74) is 1.28. The van der Waals surface area contributed by atoms with Crippen molar-refractivity contribution in [2.24, 2.45) is 11.8 Å². The van der Waals surface area contributed by atoms with Crippen molar-refractivity contribution in [3.63, 3.8) is 0 Å². The van der Waals surface area contributed by atoms with Crippen molar-refractivity contribution >= 4 is 0 Å². The highest BCUT2D eigenvalue weighted by Crippen LogP contribution is 2.29. The molecule has 3 atom stereocenters. The average molecular weight is 261 g/mol. The summed E-state index contributed by atoms with van der Waals surface area (Å²) in [5.74, 6) is 1.28. The van der Waals surface area contributed by atoms with Crippen LogP contribution in [0.15, 0.2) is 30.3 Å². The highest BCUT2D eigenvalue weighted by Gasteiger charge is 2.33. The molecule has 0 saturated carbocycles. The maximum atomic E-state index is 6.39. The van der Waals surface area contributed by atoms with Crippen LogP contribution in [0.25, 0.3) is 0 Å². The van der Waals surface area contributed by atoms with E-state index in [1.165, 1.54) is 5.56 Å². The highest BCUT2D eigenvalue weighted by atomic mass is 16.5. The predicted octanol–water partition coefficient (Wildman–Crippen LogP) is 3.79. The number of hydrogen-bond donors (Lipinski definition) is 1. The molecule has 106 valence electrons. The minimum Gasteiger partial charge on any atom is -0.367 e. The molecule has 19 heavy (non-hydrogen) atoms. The molecule has 0 aromatic heterocycles. The van der Waals surface area contributed by atoms with Gasteiger partial charge in [0, 0.05) is 12.6 Å². The van der Waals surface area contributed by atoms with Gasteiger partial charge < -0.3 is 10.1 Å². The third kappa shape index (κ3) is 3.80. The minimum atomic E-state index is 0.194. The normalized spacial score (nSPS) is 28.0. The summed E-state index contributed by atoms with van der Waals surface area (Å²) in [6.45, 7) is 10.0. The van der Waals surface area contributed by atoms with Crippen LogP contribution in [0, 0.1) is 11.8 Å². The number of rotatable bonds is 4. The molecule has 2 heteroatoms. The molecule has 2 rings (SSSR count). The first-order valence-electron chi connectivity index (χ1n) is 7.51. The van der Waals surface area contributed by atoms with E-state index in [1.54, 1.807) is 0 Å². The Labute approximate surface area is 117 Å². The predicted molar refractivity (Wildman–Crippen MR) is 80.1 cm³/mol. The molecule has 1 aromatic carbocycles. The second kappa shape index (κ2) is 6.53. The van der Waals surface area contributed by atoms with E-state index in [0.717, 1.165) is 13.0 Å². The van der Waals surface area contributed by atoms with Gasteiger partial charge in [0.05, 0.1) is 12.2 Å². The van der Waals surface area contributed by atoms with Crippen LogP contribution in [0.4, 0.5) is 0 Å². The fourth-order valence-corrected chi connectivity index (χ4v) is 2.91. The summed E-state index contributed by atoms with van der Waals surface area (Å²) in [6.07, 6.45) is 1.64. The number of morpholine rings is 1. The molecule has 2 nitrogen and oxygen atoms in total. The largest absolute Gasteiger partial charge is 0.367 e. The molecular weight excluding hydrogens is 234 g/mol. The Hall–Kier alpha value is -0.860. The van der Waals surface area contributed by atoms with Gasteiger partial charge in [0.15, 0.2) is 0 Å². The summed E-state index contributed by atoms with van der Waals surface area (Å²) in [6, 6.07) is 11.0. The van der Waals surface area contributed by atoms with Crippen molar-refractivity contribution in [3.8, 4) is 0 Å². The van der Waals surface area contributed by atoms with Gasteiger partial charge in [0.25, 0.3) is 0 Å². The van der Waals surface area contributed by atoms with E-state index in [-0.39, 0.29) is 6.10 Å². The van der Waals surface area contributed by atoms with Gasteiger partial charge in [0.1, 0.15) is 0 Å². The molecule has 1 heterocycles. The Bertz CT molecular complexity index is 374. The molecule has 0 aliphatic carbocycles. The van der Waals surface area contributed by atoms with Gasteiger partial charge in [-0.1, -0.05) is 58.0 Å². The van der Waals surface area contributed by atoms with E-state index in [9.17, 15) is 0 Å². The second-order valence-corrected chi connectivity index (χ2v) is 6.38. The van der Waals surface area contributed by atoms with Crippen molar-refractivity contribution in [3.05, 3.63) is 35.9 Å². The van der Waals surface area contributed by atoms with Crippen molar-refractivity contribution in [2.75, 3.05) is 6.54 Å². The fourth-order valence-electron chi connectivity index (χ4n) is 2.91. The maximum absolute atomic E-state index is 6.39. The van der Waals surface area contributed by atoms with Crippen LogP contribution in [0.3, 0.4) is 0 Å². The van der Waals surface area contributed by atoms with Crippen LogP contribution in [0.1, 0.15) is 45.8 Å². The summed E-state index contributed by atoms with van der Waals surface area (Å²) >= 11 is 0. The molecule has 0 bridgehead atoms. The van der Waals surface area contributed by atoms with Gasteiger partial charge in [0.2, 0.25) is 0 Å². The maximum Gasteiger partial charge on any atom is 0.0953 e. The van der Waals surface area contributed by atoms with Gasteiger partial charge in [-0.25, -0.2) is 0 Å². The first-order chi connectivity index (χ1) is 9.08. The second-order valence-electron chi connectivity index (χ2n) is 6.38. The molecule has 0 amide bonds. The lowest BCUT2D eigenvalue weighted by atomic mass is 9.90. The third-order valence-corrected chi connectivity index (χ3v) is 3.87. The monoisotopic (exact) mass is 261 g/mol. The summed E-state index contributed by atoms with van der Waals surface area (Å²) in [5, 5.41) is 3.70. The zero-order chi connectivity index (χ0) is 13.8. The number of benzene rings is 1. The van der Waals surface area contributed by atoms with E-state index < -0.39 is 0 Å². The summed E-state index contributed by atoms with van der Waals surface area (Å²) in [4.78, 5) is 0. The van der Waals surface area contributed by atoms with Crippen molar-refractivity contribution < 1.29 is 4.74 Å². The Morgan fingerprint density at radius 2 is 1.84 bits per heavy atom. The van der Waals surface area contributed by atoms with Crippen LogP contribution >= 0.6 is 0 Å². The Balaban J connectivity index is 2.08. The topological polar surface area (TPSA) is 21.3 Å². The first kappa shape index (κ1) is 14.5. The Kier molecular flexibility index (Phi) is 5.00. The lowest BCUT2D eigenvalue weighted by Gasteiger charge is -2.40. The van der Waals surface area contributed by atoms with E-state index >= 15 is 0 Å². The lowest BCUT2D eigenvalue weighted by Crippen LogP contribution is -2.52. The van der Waals surface area contributed by atoms with E-state index in [4.69, 9.17) is 4.74 Å². The van der Waals surface area contributed by atoms with Crippen LogP contribution in [0.2, 0.25) is 0 Å². The molecular formula is C17H27NO. The van der Waals surface area contributed by atoms with Crippen molar-refractivity contribution in [1.82, 2.24) is 5.32 Å². The van der Waals surface area contributed by atoms with Crippen LogP contribution in [-0.4, -0.2) is 18.7 Å². The molecule has 1 aliphatic heterocycles. The average Bonchev–Trinajstić information content (AvgIpc) is 2.38. The quantitative estimate of drug-likeness (QED) is 0.890. The van der Waals surface area contributed by atoms with Crippen LogP contribution in [0.5, 0.6) is 0 Å². The van der Waals surface area contributed by atoms with E-state index in [1.807, 2.05) is 0 Å². The molecule has 1 N–H and O–H groups in total. The first-order valence-corrected chi connectivity index (χ1v) is 7.51. The number of ether oxygens (including phenoxy) is 1. The molecule has 1 fully saturated rings. The molecule has 1 saturated heterocycles. The molecule has 0 radical (unpaired) electrons. The Morgan fingerprint density at radius 1 is 1.16 bits per heavy atom. The SMILES string of the molecule is CC(C)CC1OC(c2ccccc2)CNC1C(C)C. The van der Waals surface area contributed by atoms with Crippen LogP contribution < -0.4 is 5.32 Å². The summed E-state index contributed by atoms with van der Waals surface area (Å²) < 4.78 is 6.39. The number of hydrogen-bond acceptors (Lipinski definition) is 2. The molecule has 1 aliphatic rings. The zero-order valence-corrected chi connectivity index (χ0v) is 12.6. The summed E-state index contributed by atoms with van der Waals surface area (Å²) in [7, 11) is 0. The van der Waals surface area contributed by atoms with Crippen molar-refractivity contribution in [1.29, 1.82) is 0 Å². The highest BCUT2D eigenvalue weighted by molar-refractivity contribution is 5.18. The fraction of sp³-hybridized carbons (Fsp3) is 0.647. The Morgan fingerprint density at radius 3 is 2.42 bits per heavy atom. The van der Waals surface area contributed by atoms with Crippen LogP contribution in [-0.2, 0) is 4.74 Å². The molecule has 1 aromatic rings. The van der Waals surface area contributed by atoms with Gasteiger partial charge in [-0.2, -0.15) is 0 Å². The van der Waals surface area contributed by atoms with Gasteiger partial charge in [-0.05, 0) is 23.8 Å². The molecule has 3 unspecified atom stereocenters. The zero-order valence-electron chi connectivity index (χ0n) is 12.6. The lowest BCUT2D eigenvalue weighted by molar-refractivity contribution is -0.0822. The van der Waals surface area contributed by atoms with Gasteiger partial charge in [-0.15, -0.1) is 0 Å². The standard InChI is InChI=1S/C17H27NO/c1-12(2)10-15-17(13(3)4)18-11-16(19-15)14-8-6-5-7-9-14/h5-9,12-13,15-18H,10-11H2,1-4H3. The molecule has 0 spiro atoms. The van der Waals surface area contributed by atoms with Crippen molar-refractivity contribution in [2.45, 2.75) is 52.4 Å². The smallest absolute Gasteiger partial charge is 0.0953 e. The number of nitrogens with one attached hydrogen (secondary N) is 1. The van der Waals surface area contributed by atoms with E-state index in [2.05, 4.69) is 63.3 Å². The van der Waals surface area contributed by atoms with Gasteiger partial charge >= 0.3 is 0 Å².